The predicted octanol–water partition coefficient (Wildman–Crippen LogP) is 6.05. The molecule has 2 aromatic carbocycles. The van der Waals surface area contributed by atoms with Crippen LogP contribution in [0, 0.1) is 0 Å². The number of rotatable bonds is 2. The van der Waals surface area contributed by atoms with Crippen LogP contribution >= 0.6 is 11.6 Å². The maximum Gasteiger partial charge on any atom is 0.313 e. The molecule has 1 unspecified atom stereocenters. The van der Waals surface area contributed by atoms with Gasteiger partial charge in [0.15, 0.2) is 0 Å². The Bertz CT molecular complexity index is 1240. The lowest BCUT2D eigenvalue weighted by Crippen LogP contribution is -2.46. The number of fused-ring (bicyclic) bond motifs is 3. The second kappa shape index (κ2) is 12.0. The Morgan fingerprint density at radius 1 is 1.15 bits per heavy atom. The highest BCUT2D eigenvalue weighted by molar-refractivity contribution is 6.30. The number of hydrogen-bond acceptors (Lipinski definition) is 5. The summed E-state index contributed by atoms with van der Waals surface area (Å²) in [5.74, 6) is -0.287. The van der Waals surface area contributed by atoms with Gasteiger partial charge in [0.25, 0.3) is 0 Å². The molecule has 1 amide bonds. The number of aryl methyl sites for hydroxylation is 1. The topological polar surface area (TPSA) is 59.1 Å². The average molecular weight is 551 g/mol. The summed E-state index contributed by atoms with van der Waals surface area (Å²) in [5.41, 5.74) is 4.30. The Morgan fingerprint density at radius 2 is 2.03 bits per heavy atom. The van der Waals surface area contributed by atoms with E-state index in [1.54, 1.807) is 18.9 Å². The van der Waals surface area contributed by atoms with Crippen molar-refractivity contribution in [1.82, 2.24) is 4.90 Å². The summed E-state index contributed by atoms with van der Waals surface area (Å²) in [5, 5.41) is 0.778. The van der Waals surface area contributed by atoms with Gasteiger partial charge in [-0.25, -0.2) is 0 Å². The highest BCUT2D eigenvalue weighted by Gasteiger charge is 2.42. The van der Waals surface area contributed by atoms with Crippen LogP contribution in [0.2, 0.25) is 5.02 Å². The molecule has 0 aromatic heterocycles. The fourth-order valence-corrected chi connectivity index (χ4v) is 6.51. The van der Waals surface area contributed by atoms with E-state index in [4.69, 9.17) is 21.1 Å². The maximum absolute atomic E-state index is 13.1. The van der Waals surface area contributed by atoms with Crippen molar-refractivity contribution in [3.63, 3.8) is 0 Å². The Kier molecular flexibility index (Phi) is 8.51. The number of anilines is 1. The second-order valence-electron chi connectivity index (χ2n) is 11.1. The smallest absolute Gasteiger partial charge is 0.313 e. The minimum atomic E-state index is -0.670. The summed E-state index contributed by atoms with van der Waals surface area (Å²) in [4.78, 5) is 30.3. The van der Waals surface area contributed by atoms with Crippen LogP contribution in [0.3, 0.4) is 0 Å². The molecule has 7 heteroatoms. The van der Waals surface area contributed by atoms with Crippen molar-refractivity contribution < 1.29 is 19.1 Å². The van der Waals surface area contributed by atoms with E-state index in [1.165, 1.54) is 11.1 Å². The Hall–Kier alpha value is -2.99. The van der Waals surface area contributed by atoms with Gasteiger partial charge in [0, 0.05) is 43.5 Å². The molecule has 6 nitrogen and oxygen atoms in total. The second-order valence-corrected chi connectivity index (χ2v) is 11.6. The first-order valence-corrected chi connectivity index (χ1v) is 14.6. The van der Waals surface area contributed by atoms with E-state index in [-0.39, 0.29) is 30.3 Å². The van der Waals surface area contributed by atoms with Crippen LogP contribution in [0.4, 0.5) is 5.69 Å². The average Bonchev–Trinajstić information content (AvgIpc) is 3.07. The zero-order valence-electron chi connectivity index (χ0n) is 23.1. The van der Waals surface area contributed by atoms with Crippen molar-refractivity contribution in [3.05, 3.63) is 70.3 Å². The van der Waals surface area contributed by atoms with Gasteiger partial charge in [-0.2, -0.15) is 0 Å². The number of allylic oxidation sites excluding steroid dienone is 1. The van der Waals surface area contributed by atoms with Crippen LogP contribution in [0.1, 0.15) is 68.1 Å². The zero-order chi connectivity index (χ0) is 27.4. The van der Waals surface area contributed by atoms with Crippen LogP contribution in [0.15, 0.2) is 48.6 Å². The largest absolute Gasteiger partial charge is 0.490 e. The summed E-state index contributed by atoms with van der Waals surface area (Å²) >= 11 is 6.38. The van der Waals surface area contributed by atoms with E-state index in [9.17, 15) is 9.59 Å². The van der Waals surface area contributed by atoms with E-state index in [0.717, 1.165) is 73.6 Å². The summed E-state index contributed by atoms with van der Waals surface area (Å²) in [7, 11) is 1.79. The number of carbonyl (C=O) groups is 2. The van der Waals surface area contributed by atoms with Crippen LogP contribution < -0.4 is 9.64 Å². The number of likely N-dealkylation sites (N-methyl/N-ethyl adjacent to an activating group) is 1. The van der Waals surface area contributed by atoms with Gasteiger partial charge >= 0.3 is 5.97 Å². The third-order valence-electron chi connectivity index (χ3n) is 8.43. The Balaban J connectivity index is 1.56. The highest BCUT2D eigenvalue weighted by Crippen LogP contribution is 2.45. The molecule has 0 fully saturated rings. The first-order chi connectivity index (χ1) is 18.9. The highest BCUT2D eigenvalue weighted by atomic mass is 35.5. The van der Waals surface area contributed by atoms with Crippen molar-refractivity contribution in [1.29, 1.82) is 0 Å². The lowest BCUT2D eigenvalue weighted by molar-refractivity contribution is -0.147. The number of benzene rings is 2. The molecule has 2 atom stereocenters. The molecule has 39 heavy (non-hydrogen) atoms. The summed E-state index contributed by atoms with van der Waals surface area (Å²) in [6.45, 7) is 4.92. The van der Waals surface area contributed by atoms with E-state index in [0.29, 0.717) is 13.2 Å². The number of ether oxygens (including phenoxy) is 2. The van der Waals surface area contributed by atoms with E-state index < -0.39 is 5.92 Å². The first kappa shape index (κ1) is 27.6. The minimum Gasteiger partial charge on any atom is -0.490 e. The standard InChI is InChI=1S/C32H39ClN2O4/c1-3-38-31(37)26-20-30(36)34(2)16-7-5-4-6-8-17-35-21-32(22-39-29-14-11-23(26)19-28(29)35)15-9-10-24-18-25(33)12-13-27(24)32/h5,7,11-14,18-19,26H,3-4,6,8-10,15-17,20-22H2,1-2H3/b7-5+/t26?,32-/m0/s1. The number of esters is 1. The van der Waals surface area contributed by atoms with Crippen molar-refractivity contribution in [2.75, 3.05) is 44.8 Å². The third-order valence-corrected chi connectivity index (χ3v) is 8.67. The van der Waals surface area contributed by atoms with Crippen LogP contribution in [-0.4, -0.2) is 56.7 Å². The fourth-order valence-electron chi connectivity index (χ4n) is 6.31. The molecule has 0 saturated carbocycles. The van der Waals surface area contributed by atoms with E-state index >= 15 is 0 Å². The van der Waals surface area contributed by atoms with Crippen molar-refractivity contribution in [3.8, 4) is 5.75 Å². The van der Waals surface area contributed by atoms with Crippen LogP contribution in [0.5, 0.6) is 5.75 Å². The number of amides is 1. The van der Waals surface area contributed by atoms with Crippen LogP contribution in [0.25, 0.3) is 0 Å². The number of halogens is 1. The molecule has 208 valence electrons. The van der Waals surface area contributed by atoms with Crippen LogP contribution in [-0.2, 0) is 26.2 Å². The molecule has 1 spiro atoms. The predicted molar refractivity (Wildman–Crippen MR) is 155 cm³/mol. The van der Waals surface area contributed by atoms with E-state index in [2.05, 4.69) is 29.2 Å². The van der Waals surface area contributed by atoms with Crippen molar-refractivity contribution >= 4 is 29.2 Å². The molecular formula is C32H39ClN2O4. The molecule has 2 aromatic rings. The van der Waals surface area contributed by atoms with Gasteiger partial charge in [-0.05, 0) is 86.4 Å². The SMILES string of the molecule is CCOC(=O)C1CC(=O)N(C)C/C=C/CCCCN2C[C@@]3(CCCc4cc(Cl)ccc43)COc3ccc1cc32. The summed E-state index contributed by atoms with van der Waals surface area (Å²) < 4.78 is 12.0. The quantitative estimate of drug-likeness (QED) is 0.336. The van der Waals surface area contributed by atoms with Gasteiger partial charge in [-0.15, -0.1) is 0 Å². The normalized spacial score (nSPS) is 24.6. The summed E-state index contributed by atoms with van der Waals surface area (Å²) in [6, 6.07) is 12.3. The lowest BCUT2D eigenvalue weighted by Gasteiger charge is -2.41. The lowest BCUT2D eigenvalue weighted by atomic mass is 9.70. The van der Waals surface area contributed by atoms with Gasteiger partial charge in [0.05, 0.1) is 24.8 Å². The van der Waals surface area contributed by atoms with Gasteiger partial charge in [-0.3, -0.25) is 9.59 Å². The molecule has 0 radical (unpaired) electrons. The fraction of sp³-hybridized carbons (Fsp3) is 0.500. The molecule has 2 aliphatic heterocycles. The van der Waals surface area contributed by atoms with Gasteiger partial charge in [0.2, 0.25) is 5.91 Å². The van der Waals surface area contributed by atoms with Gasteiger partial charge in [0.1, 0.15) is 5.75 Å². The Morgan fingerprint density at radius 3 is 2.87 bits per heavy atom. The first-order valence-electron chi connectivity index (χ1n) is 14.3. The van der Waals surface area contributed by atoms with Crippen molar-refractivity contribution in [2.45, 2.75) is 63.2 Å². The molecule has 2 bridgehead atoms. The number of hydrogen-bond donors (Lipinski definition) is 0. The van der Waals surface area contributed by atoms with E-state index in [1.807, 2.05) is 24.3 Å². The van der Waals surface area contributed by atoms with Gasteiger partial charge in [-0.1, -0.05) is 35.9 Å². The number of carbonyl (C=O) groups excluding carboxylic acids is 2. The van der Waals surface area contributed by atoms with Gasteiger partial charge < -0.3 is 19.3 Å². The molecule has 3 aliphatic rings. The molecule has 2 heterocycles. The molecule has 0 N–H and O–H groups in total. The number of nitrogens with zero attached hydrogens (tertiary/aromatic N) is 2. The zero-order valence-corrected chi connectivity index (χ0v) is 23.8. The third kappa shape index (κ3) is 5.96. The minimum absolute atomic E-state index is 0.0703. The summed E-state index contributed by atoms with van der Waals surface area (Å²) in [6.07, 6.45) is 10.5. The molecular weight excluding hydrogens is 512 g/mol. The van der Waals surface area contributed by atoms with Crippen molar-refractivity contribution in [2.24, 2.45) is 0 Å². The monoisotopic (exact) mass is 550 g/mol. The Labute approximate surface area is 236 Å². The molecule has 5 rings (SSSR count). The molecule has 0 saturated heterocycles. The maximum atomic E-state index is 13.1. The molecule has 1 aliphatic carbocycles.